The van der Waals surface area contributed by atoms with Gasteiger partial charge in [-0.15, -0.1) is 0 Å². The molecule has 1 heterocycles. The summed E-state index contributed by atoms with van der Waals surface area (Å²) in [5.74, 6) is 1.01. The molecule has 0 bridgehead atoms. The average molecular weight is 359 g/mol. The van der Waals surface area contributed by atoms with Crippen LogP contribution in [0.25, 0.3) is 0 Å². The number of aliphatic imine (C=N–C) groups is 2. The average Bonchev–Trinajstić information content (AvgIpc) is 2.69. The van der Waals surface area contributed by atoms with Gasteiger partial charge in [0.25, 0.3) is 0 Å². The van der Waals surface area contributed by atoms with Gasteiger partial charge >= 0.3 is 0 Å². The summed E-state index contributed by atoms with van der Waals surface area (Å²) < 4.78 is 0. The van der Waals surface area contributed by atoms with Gasteiger partial charge in [-0.25, -0.2) is 9.98 Å². The molecule has 4 N–H and O–H groups in total. The normalized spacial score (nSPS) is 14.2. The standard InChI is InChI=1S/C21H17N3O3/c25-16-10-4-1-7-13(16)19-22-20(14-8-2-5-11-17(14)26)24-21(23-19)15-9-3-6-12-18(15)27/h1-12,19,25-27H,(H,22,23,24). The maximum atomic E-state index is 10.2. The Bertz CT molecular complexity index is 998. The minimum atomic E-state index is -0.725. The van der Waals surface area contributed by atoms with Gasteiger partial charge in [-0.1, -0.05) is 42.5 Å². The Morgan fingerprint density at radius 1 is 0.593 bits per heavy atom. The maximum absolute atomic E-state index is 10.2. The van der Waals surface area contributed by atoms with Crippen molar-refractivity contribution < 1.29 is 15.3 Å². The van der Waals surface area contributed by atoms with Crippen LogP contribution >= 0.6 is 0 Å². The number of rotatable bonds is 3. The molecule has 4 rings (SSSR count). The lowest BCUT2D eigenvalue weighted by Gasteiger charge is -2.23. The van der Waals surface area contributed by atoms with E-state index in [1.807, 2.05) is 0 Å². The molecule has 6 nitrogen and oxygen atoms in total. The number of phenols is 3. The molecule has 1 aliphatic rings. The van der Waals surface area contributed by atoms with Gasteiger partial charge in [-0.05, 0) is 30.3 Å². The second-order valence-electron chi connectivity index (χ2n) is 6.05. The van der Waals surface area contributed by atoms with Crippen LogP contribution in [0.3, 0.4) is 0 Å². The molecule has 0 radical (unpaired) electrons. The van der Waals surface area contributed by atoms with Gasteiger partial charge in [0.15, 0.2) is 6.17 Å². The van der Waals surface area contributed by atoms with Crippen molar-refractivity contribution in [3.63, 3.8) is 0 Å². The number of amidine groups is 2. The number of benzene rings is 3. The Morgan fingerprint density at radius 3 is 1.52 bits per heavy atom. The van der Waals surface area contributed by atoms with E-state index in [9.17, 15) is 15.3 Å². The molecule has 134 valence electrons. The molecule has 0 atom stereocenters. The van der Waals surface area contributed by atoms with Gasteiger partial charge in [-0.2, -0.15) is 0 Å². The maximum Gasteiger partial charge on any atom is 0.173 e. The Labute approximate surface area is 155 Å². The third kappa shape index (κ3) is 3.20. The van der Waals surface area contributed by atoms with Gasteiger partial charge in [0.1, 0.15) is 28.9 Å². The molecule has 0 saturated heterocycles. The van der Waals surface area contributed by atoms with Crippen molar-refractivity contribution in [3.8, 4) is 17.2 Å². The molecule has 3 aromatic rings. The second-order valence-corrected chi connectivity index (χ2v) is 6.05. The predicted molar refractivity (Wildman–Crippen MR) is 103 cm³/mol. The Balaban J connectivity index is 1.86. The van der Waals surface area contributed by atoms with Gasteiger partial charge in [0, 0.05) is 5.56 Å². The van der Waals surface area contributed by atoms with Crippen LogP contribution < -0.4 is 5.32 Å². The third-order valence-electron chi connectivity index (χ3n) is 4.27. The zero-order valence-electron chi connectivity index (χ0n) is 14.2. The first-order chi connectivity index (χ1) is 13.1. The second kappa shape index (κ2) is 6.84. The highest BCUT2D eigenvalue weighted by atomic mass is 16.3. The summed E-state index contributed by atoms with van der Waals surface area (Å²) in [5.41, 5.74) is 1.53. The van der Waals surface area contributed by atoms with Gasteiger partial charge in [-0.3, -0.25) is 0 Å². The van der Waals surface area contributed by atoms with E-state index >= 15 is 0 Å². The molecule has 0 saturated carbocycles. The van der Waals surface area contributed by atoms with Crippen LogP contribution in [-0.2, 0) is 0 Å². The highest BCUT2D eigenvalue weighted by Crippen LogP contribution is 2.32. The third-order valence-corrected chi connectivity index (χ3v) is 4.27. The van der Waals surface area contributed by atoms with Crippen LogP contribution in [-0.4, -0.2) is 27.0 Å². The smallest absolute Gasteiger partial charge is 0.173 e. The number of nitrogens with zero attached hydrogens (tertiary/aromatic N) is 2. The lowest BCUT2D eigenvalue weighted by molar-refractivity contribution is 0.462. The van der Waals surface area contributed by atoms with Crippen LogP contribution in [0.5, 0.6) is 17.2 Å². The SMILES string of the molecule is Oc1ccccc1C1=NC(c2ccccc2O)N=C(c2ccccc2O)N1. The number of nitrogens with one attached hydrogen (secondary N) is 1. The highest BCUT2D eigenvalue weighted by Gasteiger charge is 2.24. The molecule has 3 aromatic carbocycles. The summed E-state index contributed by atoms with van der Waals surface area (Å²) in [6.45, 7) is 0. The fourth-order valence-electron chi connectivity index (χ4n) is 2.92. The van der Waals surface area contributed by atoms with Crippen LogP contribution in [0.4, 0.5) is 0 Å². The fraction of sp³-hybridized carbons (Fsp3) is 0.0476. The lowest BCUT2D eigenvalue weighted by atomic mass is 10.1. The molecule has 27 heavy (non-hydrogen) atoms. The minimum absolute atomic E-state index is 0.0679. The number of hydrogen-bond donors (Lipinski definition) is 4. The van der Waals surface area contributed by atoms with Crippen molar-refractivity contribution in [2.75, 3.05) is 0 Å². The summed E-state index contributed by atoms with van der Waals surface area (Å²) in [6.07, 6.45) is -0.725. The topological polar surface area (TPSA) is 97.4 Å². The summed E-state index contributed by atoms with van der Waals surface area (Å²) in [6, 6.07) is 20.5. The van der Waals surface area contributed by atoms with Crippen LogP contribution in [0.1, 0.15) is 22.9 Å². The summed E-state index contributed by atoms with van der Waals surface area (Å²) >= 11 is 0. The number of para-hydroxylation sites is 3. The summed E-state index contributed by atoms with van der Waals surface area (Å²) in [7, 11) is 0. The Morgan fingerprint density at radius 2 is 1.04 bits per heavy atom. The Kier molecular flexibility index (Phi) is 4.22. The molecule has 0 aromatic heterocycles. The first-order valence-corrected chi connectivity index (χ1v) is 8.41. The van der Waals surface area contributed by atoms with Gasteiger partial charge < -0.3 is 20.6 Å². The van der Waals surface area contributed by atoms with E-state index < -0.39 is 6.17 Å². The van der Waals surface area contributed by atoms with Crippen molar-refractivity contribution >= 4 is 11.7 Å². The summed E-state index contributed by atoms with van der Waals surface area (Å²) in [5, 5.41) is 33.8. The predicted octanol–water partition coefficient (Wildman–Crippen LogP) is 3.30. The quantitative estimate of drug-likeness (QED) is 0.577. The van der Waals surface area contributed by atoms with Crippen LogP contribution in [0, 0.1) is 0 Å². The van der Waals surface area contributed by atoms with Crippen molar-refractivity contribution in [2.24, 2.45) is 9.98 Å². The van der Waals surface area contributed by atoms with Crippen molar-refractivity contribution in [2.45, 2.75) is 6.17 Å². The molecule has 0 fully saturated rings. The van der Waals surface area contributed by atoms with Crippen LogP contribution in [0.2, 0.25) is 0 Å². The molecule has 0 unspecified atom stereocenters. The molecular formula is C21H17N3O3. The number of hydrogen-bond acceptors (Lipinski definition) is 6. The zero-order chi connectivity index (χ0) is 18.8. The van der Waals surface area contributed by atoms with E-state index in [0.29, 0.717) is 28.4 Å². The molecule has 0 spiro atoms. The van der Waals surface area contributed by atoms with Crippen LogP contribution in [0.15, 0.2) is 82.8 Å². The van der Waals surface area contributed by atoms with E-state index in [0.717, 1.165) is 0 Å². The highest BCUT2D eigenvalue weighted by molar-refractivity contribution is 6.17. The summed E-state index contributed by atoms with van der Waals surface area (Å²) in [4.78, 5) is 9.13. The monoisotopic (exact) mass is 359 g/mol. The van der Waals surface area contributed by atoms with E-state index in [-0.39, 0.29) is 17.2 Å². The number of phenolic OH excluding ortho intramolecular Hbond substituents is 3. The largest absolute Gasteiger partial charge is 0.508 e. The Hall–Kier alpha value is -3.80. The molecule has 0 amide bonds. The first-order valence-electron chi connectivity index (χ1n) is 8.41. The molecular weight excluding hydrogens is 342 g/mol. The lowest BCUT2D eigenvalue weighted by Crippen LogP contribution is -2.36. The molecule has 1 aliphatic heterocycles. The van der Waals surface area contributed by atoms with E-state index in [1.165, 1.54) is 0 Å². The molecule has 6 heteroatoms. The minimum Gasteiger partial charge on any atom is -0.508 e. The van der Waals surface area contributed by atoms with Gasteiger partial charge in [0.2, 0.25) is 0 Å². The molecule has 0 aliphatic carbocycles. The number of aromatic hydroxyl groups is 3. The van der Waals surface area contributed by atoms with Crippen molar-refractivity contribution in [1.82, 2.24) is 5.32 Å². The van der Waals surface area contributed by atoms with Crippen molar-refractivity contribution in [1.29, 1.82) is 0 Å². The van der Waals surface area contributed by atoms with Gasteiger partial charge in [0.05, 0.1) is 11.1 Å². The fourth-order valence-corrected chi connectivity index (χ4v) is 2.92. The van der Waals surface area contributed by atoms with E-state index in [2.05, 4.69) is 15.3 Å². The van der Waals surface area contributed by atoms with E-state index in [4.69, 9.17) is 0 Å². The van der Waals surface area contributed by atoms with Crippen molar-refractivity contribution in [3.05, 3.63) is 89.5 Å². The van der Waals surface area contributed by atoms with E-state index in [1.54, 1.807) is 72.8 Å². The zero-order valence-corrected chi connectivity index (χ0v) is 14.2. The first kappa shape index (κ1) is 16.7.